The van der Waals surface area contributed by atoms with Crippen molar-refractivity contribution in [2.24, 2.45) is 0 Å². The van der Waals surface area contributed by atoms with Gasteiger partial charge in [-0.1, -0.05) is 24.3 Å². The molecule has 0 aliphatic rings. The molecule has 8 nitrogen and oxygen atoms in total. The van der Waals surface area contributed by atoms with E-state index in [4.69, 9.17) is 0 Å². The fourth-order valence-corrected chi connectivity index (χ4v) is 3.09. The Labute approximate surface area is 137 Å². The Hall–Kier alpha value is -3.20. The van der Waals surface area contributed by atoms with Crippen molar-refractivity contribution in [1.82, 2.24) is 24.4 Å². The minimum Gasteiger partial charge on any atom is -0.246 e. The van der Waals surface area contributed by atoms with Crippen LogP contribution in [0.4, 0.5) is 5.95 Å². The number of aromatic nitrogens is 5. The second kappa shape index (κ2) is 5.46. The molecule has 0 amide bonds. The lowest BCUT2D eigenvalue weighted by atomic mass is 10.3. The van der Waals surface area contributed by atoms with Gasteiger partial charge >= 0.3 is 0 Å². The quantitative estimate of drug-likeness (QED) is 0.610. The Morgan fingerprint density at radius 1 is 1.00 bits per heavy atom. The van der Waals surface area contributed by atoms with Crippen molar-refractivity contribution in [3.05, 3.63) is 67.1 Å². The van der Waals surface area contributed by atoms with Crippen molar-refractivity contribution in [1.29, 1.82) is 0 Å². The van der Waals surface area contributed by atoms with Crippen molar-refractivity contribution in [2.75, 3.05) is 4.72 Å². The molecule has 24 heavy (non-hydrogen) atoms. The van der Waals surface area contributed by atoms with Gasteiger partial charge in [0.05, 0.1) is 18.1 Å². The van der Waals surface area contributed by atoms with Crippen molar-refractivity contribution in [2.45, 2.75) is 4.90 Å². The number of pyridine rings is 1. The molecule has 0 saturated heterocycles. The summed E-state index contributed by atoms with van der Waals surface area (Å²) in [6.45, 7) is 0. The zero-order valence-electron chi connectivity index (χ0n) is 12.3. The van der Waals surface area contributed by atoms with E-state index in [2.05, 4.69) is 19.9 Å². The van der Waals surface area contributed by atoms with Crippen molar-refractivity contribution in [3.63, 3.8) is 0 Å². The van der Waals surface area contributed by atoms with Gasteiger partial charge < -0.3 is 0 Å². The van der Waals surface area contributed by atoms with Crippen LogP contribution in [-0.2, 0) is 10.0 Å². The fourth-order valence-electron chi connectivity index (χ4n) is 2.22. The summed E-state index contributed by atoms with van der Waals surface area (Å²) in [4.78, 5) is 4.16. The smallest absolute Gasteiger partial charge is 0.246 e. The van der Waals surface area contributed by atoms with Crippen LogP contribution in [0.5, 0.6) is 0 Å². The third kappa shape index (κ3) is 2.61. The van der Waals surface area contributed by atoms with Gasteiger partial charge in [0.15, 0.2) is 5.65 Å². The Morgan fingerprint density at radius 2 is 1.79 bits per heavy atom. The van der Waals surface area contributed by atoms with Gasteiger partial charge in [0.25, 0.3) is 16.0 Å². The SMILES string of the molecule is O=S(=O)(Nc1nc2ccccn2n1)c1cnn(-c2ccccc2)c1. The van der Waals surface area contributed by atoms with Crippen LogP contribution in [0.2, 0.25) is 0 Å². The molecule has 4 aromatic rings. The standard InChI is InChI=1S/C15H12N6O2S/c22-24(23,19-15-17-14-8-4-5-9-20(14)18-15)13-10-16-21(11-13)12-6-2-1-3-7-12/h1-11H,(H,18,19). The molecule has 1 N–H and O–H groups in total. The molecule has 4 rings (SSSR count). The van der Waals surface area contributed by atoms with Crippen LogP contribution in [0.1, 0.15) is 0 Å². The second-order valence-corrected chi connectivity index (χ2v) is 6.68. The molecule has 9 heteroatoms. The van der Waals surface area contributed by atoms with Gasteiger partial charge in [-0.25, -0.2) is 22.3 Å². The highest BCUT2D eigenvalue weighted by Crippen LogP contribution is 2.15. The third-order valence-electron chi connectivity index (χ3n) is 3.36. The highest BCUT2D eigenvalue weighted by Gasteiger charge is 2.19. The molecular formula is C15H12N6O2S. The van der Waals surface area contributed by atoms with E-state index in [1.54, 1.807) is 24.4 Å². The molecule has 0 aliphatic carbocycles. The van der Waals surface area contributed by atoms with Crippen LogP contribution < -0.4 is 4.72 Å². The number of anilines is 1. The number of nitrogens with one attached hydrogen (secondary N) is 1. The Balaban J connectivity index is 1.64. The van der Waals surface area contributed by atoms with E-state index in [-0.39, 0.29) is 10.8 Å². The van der Waals surface area contributed by atoms with Crippen LogP contribution in [-0.4, -0.2) is 32.8 Å². The predicted molar refractivity (Wildman–Crippen MR) is 87.4 cm³/mol. The predicted octanol–water partition coefficient (Wildman–Crippen LogP) is 1.72. The Bertz CT molecular complexity index is 1070. The number of benzene rings is 1. The van der Waals surface area contributed by atoms with Gasteiger partial charge in [-0.2, -0.15) is 10.1 Å². The molecule has 3 heterocycles. The lowest BCUT2D eigenvalue weighted by Crippen LogP contribution is -2.13. The van der Waals surface area contributed by atoms with Crippen LogP contribution >= 0.6 is 0 Å². The zero-order valence-corrected chi connectivity index (χ0v) is 13.1. The van der Waals surface area contributed by atoms with E-state index in [0.717, 1.165) is 5.69 Å². The second-order valence-electron chi connectivity index (χ2n) is 5.00. The highest BCUT2D eigenvalue weighted by atomic mass is 32.2. The average Bonchev–Trinajstić information content (AvgIpc) is 3.22. The number of nitrogens with zero attached hydrogens (tertiary/aromatic N) is 5. The average molecular weight is 340 g/mol. The molecule has 0 atom stereocenters. The molecular weight excluding hydrogens is 328 g/mol. The van der Waals surface area contributed by atoms with Gasteiger partial charge in [-0.3, -0.25) is 0 Å². The largest absolute Gasteiger partial charge is 0.267 e. The summed E-state index contributed by atoms with van der Waals surface area (Å²) in [6.07, 6.45) is 4.41. The van der Waals surface area contributed by atoms with E-state index in [9.17, 15) is 8.42 Å². The number of para-hydroxylation sites is 1. The molecule has 0 aliphatic heterocycles. The highest BCUT2D eigenvalue weighted by molar-refractivity contribution is 7.92. The van der Waals surface area contributed by atoms with Crippen molar-refractivity contribution >= 4 is 21.6 Å². The molecule has 0 bridgehead atoms. The molecule has 0 unspecified atom stereocenters. The number of hydrogen-bond donors (Lipinski definition) is 1. The zero-order chi connectivity index (χ0) is 16.6. The first kappa shape index (κ1) is 14.4. The first-order valence-corrected chi connectivity index (χ1v) is 8.54. The van der Waals surface area contributed by atoms with Crippen molar-refractivity contribution in [3.8, 4) is 5.69 Å². The normalized spacial score (nSPS) is 11.7. The van der Waals surface area contributed by atoms with E-state index < -0.39 is 10.0 Å². The van der Waals surface area contributed by atoms with E-state index in [1.165, 1.54) is 21.6 Å². The summed E-state index contributed by atoms with van der Waals surface area (Å²) < 4.78 is 30.3. The van der Waals surface area contributed by atoms with Crippen molar-refractivity contribution < 1.29 is 8.42 Å². The summed E-state index contributed by atoms with van der Waals surface area (Å²) in [5.41, 5.74) is 1.32. The minimum absolute atomic E-state index is 0.00802. The number of hydrogen-bond acceptors (Lipinski definition) is 5. The lowest BCUT2D eigenvalue weighted by Gasteiger charge is -2.01. The Kier molecular flexibility index (Phi) is 3.28. The minimum atomic E-state index is -3.82. The van der Waals surface area contributed by atoms with E-state index in [1.807, 2.05) is 30.3 Å². The monoisotopic (exact) mass is 340 g/mol. The first-order valence-electron chi connectivity index (χ1n) is 7.06. The maximum atomic E-state index is 12.5. The Morgan fingerprint density at radius 3 is 2.58 bits per heavy atom. The van der Waals surface area contributed by atoms with Gasteiger partial charge in [0, 0.05) is 6.20 Å². The summed E-state index contributed by atoms with van der Waals surface area (Å²) >= 11 is 0. The van der Waals surface area contributed by atoms with Gasteiger partial charge in [-0.05, 0) is 24.3 Å². The molecule has 0 radical (unpaired) electrons. The summed E-state index contributed by atoms with van der Waals surface area (Å²) in [5, 5.41) is 8.17. The summed E-state index contributed by atoms with van der Waals surface area (Å²) in [5.74, 6) is 0.00802. The lowest BCUT2D eigenvalue weighted by molar-refractivity contribution is 0.601. The summed E-state index contributed by atoms with van der Waals surface area (Å²) in [6, 6.07) is 14.6. The fraction of sp³-hybridized carbons (Fsp3) is 0. The molecule has 0 spiro atoms. The maximum absolute atomic E-state index is 12.5. The van der Waals surface area contributed by atoms with E-state index >= 15 is 0 Å². The third-order valence-corrected chi connectivity index (χ3v) is 4.64. The van der Waals surface area contributed by atoms with Gasteiger partial charge in [-0.15, -0.1) is 5.10 Å². The maximum Gasteiger partial charge on any atom is 0.267 e. The first-order chi connectivity index (χ1) is 11.6. The number of rotatable bonds is 4. The molecule has 3 aromatic heterocycles. The number of sulfonamides is 1. The summed E-state index contributed by atoms with van der Waals surface area (Å²) in [7, 11) is -3.82. The van der Waals surface area contributed by atoms with Crippen LogP contribution in [0.15, 0.2) is 72.0 Å². The molecule has 0 saturated carbocycles. The molecule has 120 valence electrons. The van der Waals surface area contributed by atoms with Gasteiger partial charge in [0.1, 0.15) is 4.90 Å². The molecule has 0 fully saturated rings. The van der Waals surface area contributed by atoms with Gasteiger partial charge in [0.2, 0.25) is 0 Å². The van der Waals surface area contributed by atoms with Crippen LogP contribution in [0.3, 0.4) is 0 Å². The van der Waals surface area contributed by atoms with E-state index in [0.29, 0.717) is 5.65 Å². The topological polar surface area (TPSA) is 94.2 Å². The number of fused-ring (bicyclic) bond motifs is 1. The van der Waals surface area contributed by atoms with Crippen LogP contribution in [0, 0.1) is 0 Å². The van der Waals surface area contributed by atoms with Crippen LogP contribution in [0.25, 0.3) is 11.3 Å². The molecule has 1 aromatic carbocycles.